The quantitative estimate of drug-likeness (QED) is 0.434. The fraction of sp³-hybridized carbons (Fsp3) is 0.538. The molecule has 0 saturated heterocycles. The van der Waals surface area contributed by atoms with Crippen molar-refractivity contribution in [2.45, 2.75) is 66.3 Å². The van der Waals surface area contributed by atoms with Gasteiger partial charge in [0.25, 0.3) is 5.91 Å². The summed E-state index contributed by atoms with van der Waals surface area (Å²) in [6.07, 6.45) is 0. The Kier molecular flexibility index (Phi) is 8.25. The van der Waals surface area contributed by atoms with E-state index in [1.165, 1.54) is 7.05 Å². The number of benzene rings is 1. The van der Waals surface area contributed by atoms with Crippen LogP contribution in [-0.2, 0) is 27.4 Å². The molecule has 0 saturated carbocycles. The molecule has 12 heteroatoms. The number of carbonyl (C=O) groups is 3. The predicted molar refractivity (Wildman–Crippen MR) is 133 cm³/mol. The van der Waals surface area contributed by atoms with Crippen LogP contribution in [0.1, 0.15) is 57.7 Å². The Hall–Kier alpha value is -3.41. The van der Waals surface area contributed by atoms with Crippen LogP contribution in [0.5, 0.6) is 0 Å². The largest absolute Gasteiger partial charge is 0.459 e. The number of nitrogens with zero attached hydrogens (tertiary/aromatic N) is 3. The van der Waals surface area contributed by atoms with Gasteiger partial charge in [0, 0.05) is 32.7 Å². The molecule has 1 aromatic heterocycles. The lowest BCUT2D eigenvalue weighted by Gasteiger charge is -2.31. The summed E-state index contributed by atoms with van der Waals surface area (Å²) in [5.74, 6) is -5.31. The molecule has 0 aliphatic carbocycles. The van der Waals surface area contributed by atoms with E-state index in [0.29, 0.717) is 24.4 Å². The molecule has 0 radical (unpaired) electrons. The number of carbonyl (C=O) groups excluding carboxylic acids is 3. The summed E-state index contributed by atoms with van der Waals surface area (Å²) in [6.45, 7) is 11.1. The van der Waals surface area contributed by atoms with Crippen molar-refractivity contribution < 1.29 is 32.3 Å². The number of ether oxygens (including phenoxy) is 1. The summed E-state index contributed by atoms with van der Waals surface area (Å²) in [6, 6.07) is 0.185. The van der Waals surface area contributed by atoms with Crippen LogP contribution in [-0.4, -0.2) is 64.0 Å². The van der Waals surface area contributed by atoms with Gasteiger partial charge in [-0.1, -0.05) is 20.8 Å². The van der Waals surface area contributed by atoms with Crippen LogP contribution in [0.4, 0.5) is 13.2 Å². The van der Waals surface area contributed by atoms with Gasteiger partial charge in [0.2, 0.25) is 5.91 Å². The van der Waals surface area contributed by atoms with Gasteiger partial charge >= 0.3 is 5.97 Å². The summed E-state index contributed by atoms with van der Waals surface area (Å²) >= 11 is 0. The van der Waals surface area contributed by atoms with E-state index in [-0.39, 0.29) is 36.7 Å². The fourth-order valence-electron chi connectivity index (χ4n) is 4.21. The number of hydrogen-bond acceptors (Lipinski definition) is 6. The highest BCUT2D eigenvalue weighted by atomic mass is 19.2. The highest BCUT2D eigenvalue weighted by Gasteiger charge is 2.36. The Morgan fingerprint density at radius 2 is 1.66 bits per heavy atom. The van der Waals surface area contributed by atoms with E-state index in [4.69, 9.17) is 4.74 Å². The number of likely N-dealkylation sites (N-methyl/N-ethyl adjacent to an activating group) is 1. The average molecular weight is 538 g/mol. The van der Waals surface area contributed by atoms with Gasteiger partial charge in [-0.15, -0.1) is 0 Å². The van der Waals surface area contributed by atoms with Crippen LogP contribution in [0.25, 0.3) is 11.4 Å². The molecule has 38 heavy (non-hydrogen) atoms. The SMILES string of the molecule is CNC(=O)[C@@H](NC(=O)c1nc(-c2cc(F)c(F)cc2F)n2c1CN(CC(=O)OC(C)(C)C)CC2)C(C)(C)C. The molecule has 208 valence electrons. The lowest BCUT2D eigenvalue weighted by molar-refractivity contribution is -0.156. The summed E-state index contributed by atoms with van der Waals surface area (Å²) in [5, 5.41) is 5.22. The molecule has 9 nitrogen and oxygen atoms in total. The molecule has 2 heterocycles. The second-order valence-electron chi connectivity index (χ2n) is 11.3. The fourth-order valence-corrected chi connectivity index (χ4v) is 4.21. The molecule has 1 aliphatic rings. The minimum Gasteiger partial charge on any atom is -0.459 e. The first kappa shape index (κ1) is 29.2. The first-order chi connectivity index (χ1) is 17.5. The van der Waals surface area contributed by atoms with Crippen molar-refractivity contribution in [2.75, 3.05) is 20.1 Å². The van der Waals surface area contributed by atoms with E-state index in [9.17, 15) is 27.6 Å². The smallest absolute Gasteiger partial charge is 0.320 e. The topological polar surface area (TPSA) is 106 Å². The van der Waals surface area contributed by atoms with E-state index in [1.807, 2.05) is 0 Å². The highest BCUT2D eigenvalue weighted by molar-refractivity contribution is 5.98. The van der Waals surface area contributed by atoms with Gasteiger partial charge in [0.15, 0.2) is 17.3 Å². The number of rotatable bonds is 6. The van der Waals surface area contributed by atoms with Crippen LogP contribution in [0.3, 0.4) is 0 Å². The van der Waals surface area contributed by atoms with E-state index < -0.39 is 52.3 Å². The summed E-state index contributed by atoms with van der Waals surface area (Å²) in [5.41, 5.74) is -1.44. The van der Waals surface area contributed by atoms with E-state index >= 15 is 0 Å². The molecule has 1 aromatic carbocycles. The van der Waals surface area contributed by atoms with Gasteiger partial charge in [-0.05, 0) is 32.3 Å². The van der Waals surface area contributed by atoms with Crippen molar-refractivity contribution in [1.29, 1.82) is 0 Å². The maximum atomic E-state index is 14.7. The number of imidazole rings is 1. The van der Waals surface area contributed by atoms with E-state index in [0.717, 1.165) is 0 Å². The summed E-state index contributed by atoms with van der Waals surface area (Å²) in [7, 11) is 1.45. The van der Waals surface area contributed by atoms with Gasteiger partial charge < -0.3 is 19.9 Å². The maximum Gasteiger partial charge on any atom is 0.320 e. The summed E-state index contributed by atoms with van der Waals surface area (Å²) < 4.78 is 49.3. The maximum absolute atomic E-state index is 14.7. The molecular formula is C26H34F3N5O4. The molecule has 3 rings (SSSR count). The number of halogens is 3. The number of hydrogen-bond donors (Lipinski definition) is 2. The minimum atomic E-state index is -1.35. The third kappa shape index (κ3) is 6.53. The molecule has 0 bridgehead atoms. The van der Waals surface area contributed by atoms with Gasteiger partial charge in [-0.2, -0.15) is 0 Å². The Bertz CT molecular complexity index is 1250. The number of esters is 1. The third-order valence-electron chi connectivity index (χ3n) is 5.97. The molecular weight excluding hydrogens is 503 g/mol. The Morgan fingerprint density at radius 3 is 2.24 bits per heavy atom. The Balaban J connectivity index is 2.04. The first-order valence-corrected chi connectivity index (χ1v) is 12.2. The summed E-state index contributed by atoms with van der Waals surface area (Å²) in [4.78, 5) is 44.5. The highest BCUT2D eigenvalue weighted by Crippen LogP contribution is 2.30. The van der Waals surface area contributed by atoms with Crippen molar-refractivity contribution in [2.24, 2.45) is 5.41 Å². The van der Waals surface area contributed by atoms with Crippen molar-refractivity contribution in [3.8, 4) is 11.4 Å². The van der Waals surface area contributed by atoms with Gasteiger partial charge in [-0.25, -0.2) is 18.2 Å². The van der Waals surface area contributed by atoms with Crippen LogP contribution in [0.15, 0.2) is 12.1 Å². The zero-order valence-electron chi connectivity index (χ0n) is 22.7. The van der Waals surface area contributed by atoms with E-state index in [2.05, 4.69) is 15.6 Å². The van der Waals surface area contributed by atoms with E-state index in [1.54, 1.807) is 51.0 Å². The van der Waals surface area contributed by atoms with Crippen LogP contribution >= 0.6 is 0 Å². The molecule has 0 fully saturated rings. The molecule has 2 amide bonds. The van der Waals surface area contributed by atoms with Gasteiger partial charge in [0.05, 0.1) is 17.8 Å². The van der Waals surface area contributed by atoms with Crippen molar-refractivity contribution in [3.63, 3.8) is 0 Å². The van der Waals surface area contributed by atoms with Crippen molar-refractivity contribution in [1.82, 2.24) is 25.1 Å². The van der Waals surface area contributed by atoms with Crippen LogP contribution < -0.4 is 10.6 Å². The molecule has 1 aliphatic heterocycles. The van der Waals surface area contributed by atoms with Gasteiger partial charge in [-0.3, -0.25) is 19.3 Å². The minimum absolute atomic E-state index is 0.0641. The normalized spacial score (nSPS) is 15.0. The lowest BCUT2D eigenvalue weighted by atomic mass is 9.86. The second-order valence-corrected chi connectivity index (χ2v) is 11.3. The van der Waals surface area contributed by atoms with Crippen LogP contribution in [0, 0.1) is 22.9 Å². The molecule has 2 aromatic rings. The second kappa shape index (κ2) is 10.8. The Labute approximate surface area is 219 Å². The van der Waals surface area contributed by atoms with Gasteiger partial charge in [0.1, 0.15) is 23.3 Å². The molecule has 1 atom stereocenters. The molecule has 0 spiro atoms. The molecule has 2 N–H and O–H groups in total. The zero-order chi connectivity index (χ0) is 28.6. The lowest BCUT2D eigenvalue weighted by Crippen LogP contribution is -2.53. The first-order valence-electron chi connectivity index (χ1n) is 12.2. The van der Waals surface area contributed by atoms with Crippen LogP contribution in [0.2, 0.25) is 0 Å². The number of fused-ring (bicyclic) bond motifs is 1. The zero-order valence-corrected chi connectivity index (χ0v) is 22.7. The van der Waals surface area contributed by atoms with Crippen molar-refractivity contribution >= 4 is 17.8 Å². The number of aromatic nitrogens is 2. The Morgan fingerprint density at radius 1 is 1.03 bits per heavy atom. The monoisotopic (exact) mass is 537 g/mol. The average Bonchev–Trinajstić information content (AvgIpc) is 3.15. The van der Waals surface area contributed by atoms with Crippen molar-refractivity contribution in [3.05, 3.63) is 41.0 Å². The predicted octanol–water partition coefficient (Wildman–Crippen LogP) is 3.02. The third-order valence-corrected chi connectivity index (χ3v) is 5.97. The number of amides is 2. The molecule has 0 unspecified atom stereocenters. The standard InChI is InChI=1S/C26H34F3N5O4/c1-25(2,3)21(24(37)30-7)32-23(36)20-18-12-33(13-19(35)38-26(4,5)6)8-9-34(18)22(31-20)14-10-16(28)17(29)11-15(14)27/h10-11,21H,8-9,12-13H2,1-7H3,(H,30,37)(H,32,36)/t21-/m1/s1. The number of nitrogens with one attached hydrogen (secondary N) is 2.